The van der Waals surface area contributed by atoms with E-state index >= 15 is 0 Å². The van der Waals surface area contributed by atoms with Crippen LogP contribution in [0.25, 0.3) is 0 Å². The van der Waals surface area contributed by atoms with E-state index in [1.807, 2.05) is 26.0 Å². The Kier molecular flexibility index (Phi) is 8.67. The molecule has 0 saturated carbocycles. The van der Waals surface area contributed by atoms with Gasteiger partial charge in [-0.15, -0.1) is 24.0 Å². The number of aliphatic hydroxyl groups is 1. The second-order valence-corrected chi connectivity index (χ2v) is 5.85. The van der Waals surface area contributed by atoms with Crippen molar-refractivity contribution >= 4 is 35.6 Å². The number of hydrogen-bond donors (Lipinski definition) is 3. The van der Waals surface area contributed by atoms with E-state index in [1.165, 1.54) is 0 Å². The van der Waals surface area contributed by atoms with Crippen molar-refractivity contribution in [2.24, 2.45) is 10.7 Å². The molecule has 1 unspecified atom stereocenters. The van der Waals surface area contributed by atoms with Gasteiger partial charge in [0.1, 0.15) is 17.6 Å². The molecule has 0 aliphatic heterocycles. The number of aliphatic hydroxyl groups excluding tert-OH is 1. The van der Waals surface area contributed by atoms with Crippen molar-refractivity contribution in [2.75, 3.05) is 26.1 Å². The van der Waals surface area contributed by atoms with E-state index in [2.05, 4.69) is 16.4 Å². The zero-order valence-electron chi connectivity index (χ0n) is 15.4. The number of ether oxygens (including phenoxy) is 2. The Bertz CT molecular complexity index is 745. The third-order valence-corrected chi connectivity index (χ3v) is 3.72. The summed E-state index contributed by atoms with van der Waals surface area (Å²) < 4.78 is 10.5. The Hall–Kier alpha value is -2.00. The van der Waals surface area contributed by atoms with Gasteiger partial charge >= 0.3 is 0 Å². The van der Waals surface area contributed by atoms with Crippen LogP contribution in [-0.2, 0) is 0 Å². The molecule has 0 aromatic heterocycles. The van der Waals surface area contributed by atoms with Crippen LogP contribution in [0.4, 0.5) is 5.69 Å². The van der Waals surface area contributed by atoms with Gasteiger partial charge in [-0.2, -0.15) is 0 Å². The number of nitrogens with zero attached hydrogens (tertiary/aromatic N) is 1. The van der Waals surface area contributed by atoms with Crippen LogP contribution >= 0.6 is 24.0 Å². The van der Waals surface area contributed by atoms with Gasteiger partial charge in [-0.25, -0.2) is 0 Å². The number of nitrogens with one attached hydrogen (secondary N) is 1. The average molecular weight is 471 g/mol. The number of anilines is 1. The maximum Gasteiger partial charge on any atom is 0.193 e. The third kappa shape index (κ3) is 6.06. The van der Waals surface area contributed by atoms with E-state index in [1.54, 1.807) is 32.4 Å². The lowest BCUT2D eigenvalue weighted by Crippen LogP contribution is -2.23. The number of aliphatic imine (C=N–C) groups is 1. The van der Waals surface area contributed by atoms with Crippen molar-refractivity contribution in [2.45, 2.75) is 20.0 Å². The SMILES string of the molecule is COc1ccc(OC)c(C(O)CN=C(N)Nc2cc(C)cc(C)c2)c1.I. The van der Waals surface area contributed by atoms with Crippen molar-refractivity contribution in [1.82, 2.24) is 0 Å². The van der Waals surface area contributed by atoms with Crippen LogP contribution in [0.5, 0.6) is 11.5 Å². The Morgan fingerprint density at radius 3 is 2.35 bits per heavy atom. The normalized spacial score (nSPS) is 12.1. The summed E-state index contributed by atoms with van der Waals surface area (Å²) in [7, 11) is 3.12. The summed E-state index contributed by atoms with van der Waals surface area (Å²) in [6, 6.07) is 11.3. The van der Waals surface area contributed by atoms with Gasteiger partial charge in [0.25, 0.3) is 0 Å². The molecule has 7 heteroatoms. The van der Waals surface area contributed by atoms with E-state index < -0.39 is 6.10 Å². The maximum absolute atomic E-state index is 10.4. The molecule has 0 aliphatic carbocycles. The zero-order valence-corrected chi connectivity index (χ0v) is 17.8. The number of benzene rings is 2. The fourth-order valence-corrected chi connectivity index (χ4v) is 2.62. The molecule has 6 nitrogen and oxygen atoms in total. The molecule has 26 heavy (non-hydrogen) atoms. The topological polar surface area (TPSA) is 89.1 Å². The minimum Gasteiger partial charge on any atom is -0.497 e. The molecule has 0 spiro atoms. The van der Waals surface area contributed by atoms with Crippen LogP contribution in [0.3, 0.4) is 0 Å². The largest absolute Gasteiger partial charge is 0.497 e. The van der Waals surface area contributed by atoms with Crippen LogP contribution in [0.15, 0.2) is 41.4 Å². The van der Waals surface area contributed by atoms with Gasteiger partial charge in [0, 0.05) is 11.3 Å². The number of guanidine groups is 1. The standard InChI is InChI=1S/C19H25N3O3.HI/c1-12-7-13(2)9-14(8-12)22-19(20)21-11-17(23)16-10-15(24-3)5-6-18(16)25-4;/h5-10,17,23H,11H2,1-4H3,(H3,20,21,22);1H. The first-order valence-corrected chi connectivity index (χ1v) is 7.98. The van der Waals surface area contributed by atoms with Gasteiger partial charge in [-0.3, -0.25) is 4.99 Å². The molecule has 142 valence electrons. The number of halogens is 1. The number of rotatable bonds is 6. The Balaban J connectivity index is 0.00000338. The van der Waals surface area contributed by atoms with Crippen molar-refractivity contribution in [3.63, 3.8) is 0 Å². The molecule has 0 amide bonds. The lowest BCUT2D eigenvalue weighted by molar-refractivity contribution is 0.182. The molecule has 0 saturated heterocycles. The van der Waals surface area contributed by atoms with E-state index in [0.29, 0.717) is 17.1 Å². The summed E-state index contributed by atoms with van der Waals surface area (Å²) in [6.07, 6.45) is -0.857. The summed E-state index contributed by atoms with van der Waals surface area (Å²) in [6.45, 7) is 4.14. The first kappa shape index (κ1) is 22.0. The second kappa shape index (κ2) is 10.2. The Morgan fingerprint density at radius 1 is 1.12 bits per heavy atom. The molecule has 0 bridgehead atoms. The minimum absolute atomic E-state index is 0. The monoisotopic (exact) mass is 471 g/mol. The quantitative estimate of drug-likeness (QED) is 0.342. The number of methoxy groups -OCH3 is 2. The van der Waals surface area contributed by atoms with Crippen molar-refractivity contribution in [1.29, 1.82) is 0 Å². The molecule has 0 aliphatic rings. The first-order valence-electron chi connectivity index (χ1n) is 7.98. The van der Waals surface area contributed by atoms with Crippen molar-refractivity contribution in [3.8, 4) is 11.5 Å². The second-order valence-electron chi connectivity index (χ2n) is 5.85. The highest BCUT2D eigenvalue weighted by atomic mass is 127. The Morgan fingerprint density at radius 2 is 1.77 bits per heavy atom. The fraction of sp³-hybridized carbons (Fsp3) is 0.316. The lowest BCUT2D eigenvalue weighted by Gasteiger charge is -2.15. The van der Waals surface area contributed by atoms with Gasteiger partial charge in [-0.1, -0.05) is 6.07 Å². The maximum atomic E-state index is 10.4. The summed E-state index contributed by atoms with van der Waals surface area (Å²) >= 11 is 0. The highest BCUT2D eigenvalue weighted by Crippen LogP contribution is 2.29. The molecule has 1 atom stereocenters. The van der Waals surface area contributed by atoms with Crippen LogP contribution in [0.2, 0.25) is 0 Å². The van der Waals surface area contributed by atoms with Crippen LogP contribution in [0, 0.1) is 13.8 Å². The molecule has 2 rings (SSSR count). The number of hydrogen-bond acceptors (Lipinski definition) is 4. The van der Waals surface area contributed by atoms with Gasteiger partial charge < -0.3 is 25.6 Å². The van der Waals surface area contributed by atoms with Crippen LogP contribution in [0.1, 0.15) is 22.8 Å². The molecular formula is C19H26IN3O3. The number of aryl methyl sites for hydroxylation is 2. The van der Waals surface area contributed by atoms with Crippen LogP contribution < -0.4 is 20.5 Å². The van der Waals surface area contributed by atoms with Gasteiger partial charge in [-0.05, 0) is 55.3 Å². The van der Waals surface area contributed by atoms with Gasteiger partial charge in [0.2, 0.25) is 0 Å². The summed E-state index contributed by atoms with van der Waals surface area (Å²) in [5.74, 6) is 1.45. The third-order valence-electron chi connectivity index (χ3n) is 3.72. The molecule has 4 N–H and O–H groups in total. The first-order chi connectivity index (χ1) is 11.9. The zero-order chi connectivity index (χ0) is 18.4. The number of nitrogens with two attached hydrogens (primary N) is 1. The lowest BCUT2D eigenvalue weighted by atomic mass is 10.1. The highest BCUT2D eigenvalue weighted by Gasteiger charge is 2.14. The summed E-state index contributed by atoms with van der Waals surface area (Å²) in [4.78, 5) is 4.22. The van der Waals surface area contributed by atoms with E-state index in [-0.39, 0.29) is 36.5 Å². The molecule has 0 fully saturated rings. The predicted molar refractivity (Wildman–Crippen MR) is 116 cm³/mol. The van der Waals surface area contributed by atoms with E-state index in [0.717, 1.165) is 16.8 Å². The smallest absolute Gasteiger partial charge is 0.193 e. The summed E-state index contributed by atoms with van der Waals surface area (Å²) in [5, 5.41) is 13.5. The van der Waals surface area contributed by atoms with E-state index in [9.17, 15) is 5.11 Å². The molecule has 0 radical (unpaired) electrons. The minimum atomic E-state index is -0.857. The van der Waals surface area contributed by atoms with Gasteiger partial charge in [0.05, 0.1) is 20.8 Å². The van der Waals surface area contributed by atoms with Gasteiger partial charge in [0.15, 0.2) is 5.96 Å². The molecular weight excluding hydrogens is 445 g/mol. The van der Waals surface area contributed by atoms with Crippen LogP contribution in [-0.4, -0.2) is 31.8 Å². The van der Waals surface area contributed by atoms with Crippen molar-refractivity contribution in [3.05, 3.63) is 53.1 Å². The fourth-order valence-electron chi connectivity index (χ4n) is 2.62. The average Bonchev–Trinajstić information content (AvgIpc) is 2.58. The van der Waals surface area contributed by atoms with Crippen molar-refractivity contribution < 1.29 is 14.6 Å². The molecule has 2 aromatic rings. The predicted octanol–water partition coefficient (Wildman–Crippen LogP) is 3.40. The summed E-state index contributed by atoms with van der Waals surface area (Å²) in [5.41, 5.74) is 9.67. The van der Waals surface area contributed by atoms with E-state index in [4.69, 9.17) is 15.2 Å². The highest BCUT2D eigenvalue weighted by molar-refractivity contribution is 14.0. The Labute approximate surface area is 171 Å². The molecule has 0 heterocycles. The molecule has 2 aromatic carbocycles.